The molecule has 0 amide bonds. The Hall–Kier alpha value is -0.120. The molecule has 0 aliphatic heterocycles. The van der Waals surface area contributed by atoms with Gasteiger partial charge in [-0.1, -0.05) is 6.92 Å². The second kappa shape index (κ2) is 7.21. The predicted molar refractivity (Wildman–Crippen MR) is 59.7 cm³/mol. The number of ether oxygens (including phenoxy) is 2. The molecule has 14 heavy (non-hydrogen) atoms. The Kier molecular flexibility index (Phi) is 7.15. The molecule has 1 N–H and O–H groups in total. The summed E-state index contributed by atoms with van der Waals surface area (Å²) in [6.07, 6.45) is 0. The average Bonchev–Trinajstić information content (AvgIpc) is 2.08. The third-order valence-corrected chi connectivity index (χ3v) is 1.73. The Balaban J connectivity index is 3.72. The monoisotopic (exact) mass is 203 g/mol. The van der Waals surface area contributed by atoms with Crippen molar-refractivity contribution in [1.82, 2.24) is 5.32 Å². The highest BCUT2D eigenvalue weighted by molar-refractivity contribution is 4.67. The lowest BCUT2D eigenvalue weighted by Gasteiger charge is -2.24. The van der Waals surface area contributed by atoms with E-state index < -0.39 is 0 Å². The molecular weight excluding hydrogens is 178 g/mol. The maximum absolute atomic E-state index is 5.70. The van der Waals surface area contributed by atoms with Crippen LogP contribution in [-0.4, -0.2) is 38.0 Å². The van der Waals surface area contributed by atoms with Crippen LogP contribution in [0.2, 0.25) is 0 Å². The van der Waals surface area contributed by atoms with Crippen LogP contribution in [0.25, 0.3) is 0 Å². The molecule has 0 fully saturated rings. The molecule has 0 saturated heterocycles. The Morgan fingerprint density at radius 3 is 2.21 bits per heavy atom. The summed E-state index contributed by atoms with van der Waals surface area (Å²) in [5.74, 6) is 0. The van der Waals surface area contributed by atoms with Crippen LogP contribution in [0.15, 0.2) is 0 Å². The van der Waals surface area contributed by atoms with Gasteiger partial charge in [-0.05, 0) is 34.2 Å². The first-order valence-electron chi connectivity index (χ1n) is 5.44. The van der Waals surface area contributed by atoms with Gasteiger partial charge in [-0.2, -0.15) is 0 Å². The lowest BCUT2D eigenvalue weighted by atomic mass is 10.2. The van der Waals surface area contributed by atoms with Gasteiger partial charge in [0.25, 0.3) is 0 Å². The van der Waals surface area contributed by atoms with Crippen molar-refractivity contribution in [1.29, 1.82) is 0 Å². The van der Waals surface area contributed by atoms with Crippen molar-refractivity contribution in [3.8, 4) is 0 Å². The van der Waals surface area contributed by atoms with E-state index in [9.17, 15) is 0 Å². The Morgan fingerprint density at radius 2 is 1.79 bits per heavy atom. The molecule has 0 aliphatic rings. The Morgan fingerprint density at radius 1 is 1.14 bits per heavy atom. The van der Waals surface area contributed by atoms with Gasteiger partial charge in [-0.25, -0.2) is 0 Å². The molecule has 1 unspecified atom stereocenters. The maximum Gasteiger partial charge on any atom is 0.0649 e. The van der Waals surface area contributed by atoms with Crippen LogP contribution in [0.4, 0.5) is 0 Å². The molecule has 0 aliphatic carbocycles. The standard InChI is InChI=1S/C11H25NO2/c1-6-12-10(8-13-7-2)9-14-11(3,4)5/h10,12H,6-9H2,1-5H3. The Labute approximate surface area is 88.2 Å². The highest BCUT2D eigenvalue weighted by Crippen LogP contribution is 2.07. The highest BCUT2D eigenvalue weighted by atomic mass is 16.5. The lowest BCUT2D eigenvalue weighted by molar-refractivity contribution is -0.0270. The van der Waals surface area contributed by atoms with Crippen LogP contribution in [0.1, 0.15) is 34.6 Å². The molecular formula is C11H25NO2. The third-order valence-electron chi connectivity index (χ3n) is 1.73. The van der Waals surface area contributed by atoms with Gasteiger partial charge >= 0.3 is 0 Å². The third kappa shape index (κ3) is 8.48. The summed E-state index contributed by atoms with van der Waals surface area (Å²) in [6, 6.07) is 0.305. The Bertz CT molecular complexity index is 132. The lowest BCUT2D eigenvalue weighted by Crippen LogP contribution is -2.39. The minimum absolute atomic E-state index is 0.0696. The molecule has 86 valence electrons. The molecule has 0 aromatic heterocycles. The van der Waals surface area contributed by atoms with Crippen molar-refractivity contribution in [2.24, 2.45) is 0 Å². The summed E-state index contributed by atoms with van der Waals surface area (Å²) in [6.45, 7) is 13.4. The van der Waals surface area contributed by atoms with Gasteiger partial charge in [0.05, 0.1) is 24.9 Å². The minimum atomic E-state index is -0.0696. The largest absolute Gasteiger partial charge is 0.380 e. The summed E-state index contributed by atoms with van der Waals surface area (Å²) in [5, 5.41) is 3.34. The number of hydrogen-bond donors (Lipinski definition) is 1. The molecule has 0 spiro atoms. The van der Waals surface area contributed by atoms with Crippen molar-refractivity contribution in [2.75, 3.05) is 26.4 Å². The second-order valence-corrected chi connectivity index (χ2v) is 4.34. The fraction of sp³-hybridized carbons (Fsp3) is 1.00. The van der Waals surface area contributed by atoms with E-state index in [1.165, 1.54) is 0 Å². The number of rotatable bonds is 7. The summed E-state index contributed by atoms with van der Waals surface area (Å²) < 4.78 is 11.1. The number of likely N-dealkylation sites (N-methyl/N-ethyl adjacent to an activating group) is 1. The molecule has 0 aromatic rings. The van der Waals surface area contributed by atoms with E-state index in [-0.39, 0.29) is 5.60 Å². The van der Waals surface area contributed by atoms with Crippen LogP contribution in [0.5, 0.6) is 0 Å². The van der Waals surface area contributed by atoms with Gasteiger partial charge in [0.1, 0.15) is 0 Å². The van der Waals surface area contributed by atoms with Crippen LogP contribution in [0.3, 0.4) is 0 Å². The molecule has 0 aromatic carbocycles. The molecule has 3 heteroatoms. The summed E-state index contributed by atoms with van der Waals surface area (Å²) in [7, 11) is 0. The fourth-order valence-electron chi connectivity index (χ4n) is 1.07. The van der Waals surface area contributed by atoms with E-state index in [2.05, 4.69) is 33.0 Å². The van der Waals surface area contributed by atoms with Crippen LogP contribution in [-0.2, 0) is 9.47 Å². The normalized spacial score (nSPS) is 14.4. The fourth-order valence-corrected chi connectivity index (χ4v) is 1.07. The topological polar surface area (TPSA) is 30.5 Å². The SMILES string of the molecule is CCNC(COCC)COC(C)(C)C. The average molecular weight is 203 g/mol. The van der Waals surface area contributed by atoms with Crippen molar-refractivity contribution >= 4 is 0 Å². The van der Waals surface area contributed by atoms with Gasteiger partial charge in [0.15, 0.2) is 0 Å². The van der Waals surface area contributed by atoms with E-state index in [0.29, 0.717) is 12.6 Å². The smallest absolute Gasteiger partial charge is 0.0649 e. The van der Waals surface area contributed by atoms with Crippen LogP contribution in [0, 0.1) is 0 Å². The van der Waals surface area contributed by atoms with Crippen molar-refractivity contribution in [2.45, 2.75) is 46.3 Å². The molecule has 3 nitrogen and oxygen atoms in total. The zero-order chi connectivity index (χ0) is 11.0. The number of nitrogens with one attached hydrogen (secondary N) is 1. The summed E-state index contributed by atoms with van der Waals surface area (Å²) >= 11 is 0. The maximum atomic E-state index is 5.70. The summed E-state index contributed by atoms with van der Waals surface area (Å²) in [4.78, 5) is 0. The summed E-state index contributed by atoms with van der Waals surface area (Å²) in [5.41, 5.74) is -0.0696. The molecule has 0 heterocycles. The first kappa shape index (κ1) is 13.9. The first-order chi connectivity index (χ1) is 6.49. The van der Waals surface area contributed by atoms with Crippen molar-refractivity contribution in [3.63, 3.8) is 0 Å². The minimum Gasteiger partial charge on any atom is -0.380 e. The molecule has 0 rings (SSSR count). The van der Waals surface area contributed by atoms with E-state index in [1.807, 2.05) is 6.92 Å². The second-order valence-electron chi connectivity index (χ2n) is 4.34. The van der Waals surface area contributed by atoms with E-state index in [1.54, 1.807) is 0 Å². The zero-order valence-corrected chi connectivity index (χ0v) is 10.2. The highest BCUT2D eigenvalue weighted by Gasteiger charge is 2.14. The molecule has 0 saturated carbocycles. The zero-order valence-electron chi connectivity index (χ0n) is 10.2. The molecule has 0 radical (unpaired) electrons. The molecule has 1 atom stereocenters. The van der Waals surface area contributed by atoms with E-state index in [0.717, 1.165) is 19.8 Å². The van der Waals surface area contributed by atoms with Crippen molar-refractivity contribution in [3.05, 3.63) is 0 Å². The van der Waals surface area contributed by atoms with E-state index >= 15 is 0 Å². The van der Waals surface area contributed by atoms with Gasteiger partial charge in [0.2, 0.25) is 0 Å². The van der Waals surface area contributed by atoms with Crippen LogP contribution < -0.4 is 5.32 Å². The van der Waals surface area contributed by atoms with Crippen LogP contribution >= 0.6 is 0 Å². The van der Waals surface area contributed by atoms with Gasteiger partial charge in [-0.15, -0.1) is 0 Å². The van der Waals surface area contributed by atoms with Gasteiger partial charge in [0, 0.05) is 6.61 Å². The number of hydrogen-bond acceptors (Lipinski definition) is 3. The van der Waals surface area contributed by atoms with Gasteiger partial charge in [-0.3, -0.25) is 0 Å². The van der Waals surface area contributed by atoms with Crippen molar-refractivity contribution < 1.29 is 9.47 Å². The first-order valence-corrected chi connectivity index (χ1v) is 5.44. The van der Waals surface area contributed by atoms with Gasteiger partial charge < -0.3 is 14.8 Å². The molecule has 0 bridgehead atoms. The quantitative estimate of drug-likeness (QED) is 0.684. The van der Waals surface area contributed by atoms with E-state index in [4.69, 9.17) is 9.47 Å². The predicted octanol–water partition coefficient (Wildman–Crippen LogP) is 1.82.